The van der Waals surface area contributed by atoms with E-state index in [9.17, 15) is 4.79 Å². The maximum atomic E-state index is 12.2. The van der Waals surface area contributed by atoms with Crippen LogP contribution in [0.1, 0.15) is 28.9 Å². The molecule has 0 radical (unpaired) electrons. The smallest absolute Gasteiger partial charge is 0.251 e. The first-order valence-corrected chi connectivity index (χ1v) is 6.69. The molecule has 0 aromatic heterocycles. The molecular weight excluding hydrogens is 274 g/mol. The number of hydrogen-bond acceptors (Lipinski definition) is 2. The zero-order valence-corrected chi connectivity index (χ0v) is 12.1. The number of rotatable bonds is 4. The van der Waals surface area contributed by atoms with Crippen molar-refractivity contribution >= 4 is 17.5 Å². The van der Waals surface area contributed by atoms with E-state index >= 15 is 0 Å². The average molecular weight is 290 g/mol. The lowest BCUT2D eigenvalue weighted by atomic mass is 10.1. The molecular formula is C16H16ClNO2. The molecule has 20 heavy (non-hydrogen) atoms. The van der Waals surface area contributed by atoms with E-state index in [1.54, 1.807) is 31.4 Å². The van der Waals surface area contributed by atoms with Gasteiger partial charge in [-0.25, -0.2) is 0 Å². The predicted octanol–water partition coefficient (Wildman–Crippen LogP) is 3.84. The maximum absolute atomic E-state index is 12.2. The van der Waals surface area contributed by atoms with E-state index in [2.05, 4.69) is 5.32 Å². The molecule has 0 heterocycles. The highest BCUT2D eigenvalue weighted by atomic mass is 35.5. The molecule has 2 rings (SSSR count). The fourth-order valence-electron chi connectivity index (χ4n) is 2.01. The van der Waals surface area contributed by atoms with Gasteiger partial charge in [0.1, 0.15) is 5.75 Å². The molecule has 1 amide bonds. The number of halogens is 1. The summed E-state index contributed by atoms with van der Waals surface area (Å²) in [7, 11) is 1.62. The fourth-order valence-corrected chi connectivity index (χ4v) is 2.20. The molecule has 1 unspecified atom stereocenters. The van der Waals surface area contributed by atoms with E-state index in [1.165, 1.54) is 0 Å². The van der Waals surface area contributed by atoms with Gasteiger partial charge in [0, 0.05) is 16.1 Å². The van der Waals surface area contributed by atoms with Crippen LogP contribution in [0.4, 0.5) is 0 Å². The highest BCUT2D eigenvalue weighted by molar-refractivity contribution is 6.30. The molecule has 2 aromatic carbocycles. The first kappa shape index (κ1) is 14.4. The van der Waals surface area contributed by atoms with Gasteiger partial charge < -0.3 is 10.1 Å². The highest BCUT2D eigenvalue weighted by Gasteiger charge is 2.14. The molecule has 3 nitrogen and oxygen atoms in total. The summed E-state index contributed by atoms with van der Waals surface area (Å²) >= 11 is 5.89. The van der Waals surface area contributed by atoms with E-state index < -0.39 is 0 Å². The van der Waals surface area contributed by atoms with Crippen LogP contribution < -0.4 is 10.1 Å². The topological polar surface area (TPSA) is 38.3 Å². The van der Waals surface area contributed by atoms with Crippen LogP contribution in [0.25, 0.3) is 0 Å². The first-order chi connectivity index (χ1) is 9.61. The molecule has 0 fully saturated rings. The van der Waals surface area contributed by atoms with Gasteiger partial charge in [-0.3, -0.25) is 4.79 Å². The SMILES string of the molecule is COc1ccccc1C(C)NC(=O)c1cccc(Cl)c1. The Labute approximate surface area is 123 Å². The van der Waals surface area contributed by atoms with Gasteiger partial charge in [0.05, 0.1) is 13.2 Å². The standard InChI is InChI=1S/C16H16ClNO2/c1-11(14-8-3-4-9-15(14)20-2)18-16(19)12-6-5-7-13(17)10-12/h3-11H,1-2H3,(H,18,19). The number of amides is 1. The third-order valence-electron chi connectivity index (χ3n) is 3.04. The van der Waals surface area contributed by atoms with Crippen LogP contribution in [-0.4, -0.2) is 13.0 Å². The Balaban J connectivity index is 2.15. The van der Waals surface area contributed by atoms with Crippen LogP contribution in [0.3, 0.4) is 0 Å². The van der Waals surface area contributed by atoms with Gasteiger partial charge in [-0.05, 0) is 31.2 Å². The molecule has 1 N–H and O–H groups in total. The van der Waals surface area contributed by atoms with Crippen LogP contribution >= 0.6 is 11.6 Å². The lowest BCUT2D eigenvalue weighted by Gasteiger charge is -2.17. The summed E-state index contributed by atoms with van der Waals surface area (Å²) in [6.45, 7) is 1.92. The molecule has 0 saturated carbocycles. The largest absolute Gasteiger partial charge is 0.496 e. The Morgan fingerprint density at radius 3 is 2.65 bits per heavy atom. The van der Waals surface area contributed by atoms with Gasteiger partial charge in [-0.2, -0.15) is 0 Å². The Bertz CT molecular complexity index is 613. The number of carbonyl (C=O) groups is 1. The van der Waals surface area contributed by atoms with E-state index in [0.717, 1.165) is 11.3 Å². The minimum atomic E-state index is -0.161. The van der Waals surface area contributed by atoms with Crippen LogP contribution in [0.5, 0.6) is 5.75 Å². The predicted molar refractivity (Wildman–Crippen MR) is 80.3 cm³/mol. The monoisotopic (exact) mass is 289 g/mol. The summed E-state index contributed by atoms with van der Waals surface area (Å²) in [4.78, 5) is 12.2. The summed E-state index contributed by atoms with van der Waals surface area (Å²) in [5, 5.41) is 3.48. The Hall–Kier alpha value is -2.00. The van der Waals surface area contributed by atoms with E-state index in [4.69, 9.17) is 16.3 Å². The molecule has 1 atom stereocenters. The van der Waals surface area contributed by atoms with Gasteiger partial charge in [0.2, 0.25) is 0 Å². The highest BCUT2D eigenvalue weighted by Crippen LogP contribution is 2.24. The van der Waals surface area contributed by atoms with Crippen molar-refractivity contribution in [1.29, 1.82) is 0 Å². The van der Waals surface area contributed by atoms with Gasteiger partial charge in [0.15, 0.2) is 0 Å². The second kappa shape index (κ2) is 6.44. The first-order valence-electron chi connectivity index (χ1n) is 6.31. The molecule has 4 heteroatoms. The van der Waals surface area contributed by atoms with E-state index in [1.807, 2.05) is 31.2 Å². The summed E-state index contributed by atoms with van der Waals surface area (Å²) in [6, 6.07) is 14.3. The molecule has 0 aliphatic heterocycles. The normalized spacial score (nSPS) is 11.8. The van der Waals surface area contributed by atoms with Crippen molar-refractivity contribution in [3.05, 3.63) is 64.7 Å². The third kappa shape index (κ3) is 3.31. The van der Waals surface area contributed by atoms with E-state index in [-0.39, 0.29) is 11.9 Å². The number of benzene rings is 2. The molecule has 0 saturated heterocycles. The average Bonchev–Trinajstić information content (AvgIpc) is 2.47. The fraction of sp³-hybridized carbons (Fsp3) is 0.188. The van der Waals surface area contributed by atoms with Gasteiger partial charge in [-0.15, -0.1) is 0 Å². The lowest BCUT2D eigenvalue weighted by molar-refractivity contribution is 0.0939. The molecule has 0 bridgehead atoms. The molecule has 2 aromatic rings. The van der Waals surface area contributed by atoms with Crippen LogP contribution in [0.15, 0.2) is 48.5 Å². The summed E-state index contributed by atoms with van der Waals surface area (Å²) < 4.78 is 5.30. The van der Waals surface area contributed by atoms with Gasteiger partial charge in [-0.1, -0.05) is 35.9 Å². The van der Waals surface area contributed by atoms with Crippen molar-refractivity contribution in [3.8, 4) is 5.75 Å². The van der Waals surface area contributed by atoms with Crippen molar-refractivity contribution in [2.24, 2.45) is 0 Å². The minimum absolute atomic E-state index is 0.155. The molecule has 0 aliphatic carbocycles. The number of nitrogens with one attached hydrogen (secondary N) is 1. The summed E-state index contributed by atoms with van der Waals surface area (Å²) in [5.74, 6) is 0.595. The van der Waals surface area contributed by atoms with Crippen molar-refractivity contribution in [2.45, 2.75) is 13.0 Å². The number of methoxy groups -OCH3 is 1. The lowest BCUT2D eigenvalue weighted by Crippen LogP contribution is -2.26. The van der Waals surface area contributed by atoms with Crippen LogP contribution in [-0.2, 0) is 0 Å². The van der Waals surface area contributed by atoms with Crippen molar-refractivity contribution < 1.29 is 9.53 Å². The number of carbonyl (C=O) groups excluding carboxylic acids is 1. The van der Waals surface area contributed by atoms with Gasteiger partial charge >= 0.3 is 0 Å². The van der Waals surface area contributed by atoms with Crippen molar-refractivity contribution in [3.63, 3.8) is 0 Å². The second-order valence-electron chi connectivity index (χ2n) is 4.45. The van der Waals surface area contributed by atoms with Crippen LogP contribution in [0, 0.1) is 0 Å². The molecule has 104 valence electrons. The minimum Gasteiger partial charge on any atom is -0.496 e. The number of ether oxygens (including phenoxy) is 1. The Kier molecular flexibility index (Phi) is 4.64. The quantitative estimate of drug-likeness (QED) is 0.929. The zero-order valence-electron chi connectivity index (χ0n) is 11.4. The zero-order chi connectivity index (χ0) is 14.5. The summed E-state index contributed by atoms with van der Waals surface area (Å²) in [6.07, 6.45) is 0. The summed E-state index contributed by atoms with van der Waals surface area (Å²) in [5.41, 5.74) is 1.48. The number of para-hydroxylation sites is 1. The van der Waals surface area contributed by atoms with Crippen LogP contribution in [0.2, 0.25) is 5.02 Å². The second-order valence-corrected chi connectivity index (χ2v) is 4.88. The van der Waals surface area contributed by atoms with E-state index in [0.29, 0.717) is 10.6 Å². The van der Waals surface area contributed by atoms with Crippen molar-refractivity contribution in [2.75, 3.05) is 7.11 Å². The maximum Gasteiger partial charge on any atom is 0.251 e. The molecule has 0 aliphatic rings. The third-order valence-corrected chi connectivity index (χ3v) is 3.27. The van der Waals surface area contributed by atoms with Crippen molar-refractivity contribution in [1.82, 2.24) is 5.32 Å². The Morgan fingerprint density at radius 1 is 1.20 bits per heavy atom. The number of hydrogen-bond donors (Lipinski definition) is 1. The van der Waals surface area contributed by atoms with Gasteiger partial charge in [0.25, 0.3) is 5.91 Å². The molecule has 0 spiro atoms. The Morgan fingerprint density at radius 2 is 1.95 bits per heavy atom.